The Bertz CT molecular complexity index is 671. The Balaban J connectivity index is 0.00000341. The molecule has 0 radical (unpaired) electrons. The lowest BCUT2D eigenvalue weighted by atomic mass is 9.88. The van der Waals surface area contributed by atoms with Gasteiger partial charge in [-0.1, -0.05) is 12.1 Å². The number of likely N-dealkylation sites (N-methyl/N-ethyl adjacent to an activating group) is 1. The maximum Gasteiger partial charge on any atom is 0.191 e. The minimum absolute atomic E-state index is 0. The molecular formula is C23H40IN5O2. The highest BCUT2D eigenvalue weighted by Crippen LogP contribution is 2.27. The van der Waals surface area contributed by atoms with Gasteiger partial charge in [-0.15, -0.1) is 24.0 Å². The Morgan fingerprint density at radius 1 is 1.16 bits per heavy atom. The fourth-order valence-electron chi connectivity index (χ4n) is 4.53. The largest absolute Gasteiger partial charge is 0.497 e. The van der Waals surface area contributed by atoms with Crippen LogP contribution in [0.25, 0.3) is 0 Å². The minimum Gasteiger partial charge on any atom is -0.497 e. The van der Waals surface area contributed by atoms with Gasteiger partial charge >= 0.3 is 0 Å². The minimum atomic E-state index is 0. The van der Waals surface area contributed by atoms with Crippen LogP contribution in [0.4, 0.5) is 0 Å². The summed E-state index contributed by atoms with van der Waals surface area (Å²) in [6.07, 6.45) is 4.61. The van der Waals surface area contributed by atoms with Crippen LogP contribution in [0.15, 0.2) is 29.3 Å². The number of guanidine groups is 1. The third kappa shape index (κ3) is 6.94. The monoisotopic (exact) mass is 545 g/mol. The third-order valence-corrected chi connectivity index (χ3v) is 6.73. The molecule has 2 aliphatic rings. The molecule has 1 atom stereocenters. The molecule has 0 bridgehead atoms. The number of likely N-dealkylation sites (tertiary alicyclic amines) is 1. The summed E-state index contributed by atoms with van der Waals surface area (Å²) in [5.74, 6) is 1.76. The molecule has 1 aromatic carbocycles. The van der Waals surface area contributed by atoms with Crippen LogP contribution < -0.4 is 15.4 Å². The summed E-state index contributed by atoms with van der Waals surface area (Å²) < 4.78 is 10.9. The lowest BCUT2D eigenvalue weighted by Crippen LogP contribution is -2.57. The van der Waals surface area contributed by atoms with Gasteiger partial charge in [0.15, 0.2) is 5.96 Å². The van der Waals surface area contributed by atoms with E-state index in [1.54, 1.807) is 7.11 Å². The highest BCUT2D eigenvalue weighted by molar-refractivity contribution is 14.0. The van der Waals surface area contributed by atoms with Crippen LogP contribution in [0.1, 0.15) is 37.3 Å². The number of rotatable bonds is 8. The van der Waals surface area contributed by atoms with Crippen molar-refractivity contribution in [3.05, 3.63) is 29.8 Å². The molecule has 0 saturated carbocycles. The first kappa shape index (κ1) is 26.2. The van der Waals surface area contributed by atoms with E-state index in [1.165, 1.54) is 18.4 Å². The normalized spacial score (nSPS) is 20.2. The summed E-state index contributed by atoms with van der Waals surface area (Å²) in [6.45, 7) is 5.62. The number of hydrogen-bond acceptors (Lipinski definition) is 5. The highest BCUT2D eigenvalue weighted by Gasteiger charge is 2.35. The smallest absolute Gasteiger partial charge is 0.191 e. The van der Waals surface area contributed by atoms with E-state index in [1.807, 2.05) is 7.05 Å². The molecule has 31 heavy (non-hydrogen) atoms. The van der Waals surface area contributed by atoms with Crippen molar-refractivity contribution >= 4 is 29.9 Å². The molecule has 2 saturated heterocycles. The third-order valence-electron chi connectivity index (χ3n) is 6.73. The lowest BCUT2D eigenvalue weighted by Gasteiger charge is -2.43. The van der Waals surface area contributed by atoms with E-state index in [4.69, 9.17) is 9.47 Å². The summed E-state index contributed by atoms with van der Waals surface area (Å²) in [5, 5.41) is 7.17. The second kappa shape index (κ2) is 12.8. The number of aliphatic imine (C=N–C) groups is 1. The number of methoxy groups -OCH3 is 1. The first-order chi connectivity index (χ1) is 14.6. The van der Waals surface area contributed by atoms with Crippen molar-refractivity contribution in [3.63, 3.8) is 0 Å². The number of ether oxygens (including phenoxy) is 2. The van der Waals surface area contributed by atoms with Gasteiger partial charge in [-0.05, 0) is 70.6 Å². The fourth-order valence-corrected chi connectivity index (χ4v) is 4.53. The number of nitrogens with one attached hydrogen (secondary N) is 2. The van der Waals surface area contributed by atoms with E-state index in [0.717, 1.165) is 63.9 Å². The highest BCUT2D eigenvalue weighted by atomic mass is 127. The number of hydrogen-bond donors (Lipinski definition) is 2. The second-order valence-corrected chi connectivity index (χ2v) is 8.57. The summed E-state index contributed by atoms with van der Waals surface area (Å²) in [6, 6.07) is 8.79. The van der Waals surface area contributed by atoms with Gasteiger partial charge < -0.3 is 25.0 Å². The van der Waals surface area contributed by atoms with E-state index < -0.39 is 0 Å². The van der Waals surface area contributed by atoms with Gasteiger partial charge in [0.2, 0.25) is 0 Å². The summed E-state index contributed by atoms with van der Waals surface area (Å²) >= 11 is 0. The lowest BCUT2D eigenvalue weighted by molar-refractivity contribution is -0.00502. The Hall–Kier alpha value is -1.10. The SMILES string of the molecule is CN=C(NCC(c1ccc(OC)cc1)N1CCCC1)NCC1(N(C)C)CCOCC1.I. The molecule has 176 valence electrons. The molecular weight excluding hydrogens is 505 g/mol. The predicted octanol–water partition coefficient (Wildman–Crippen LogP) is 2.73. The quantitative estimate of drug-likeness (QED) is 0.298. The summed E-state index contributed by atoms with van der Waals surface area (Å²) in [7, 11) is 7.88. The van der Waals surface area contributed by atoms with Gasteiger partial charge in [-0.25, -0.2) is 0 Å². The molecule has 0 spiro atoms. The van der Waals surface area contributed by atoms with Crippen molar-refractivity contribution in [2.45, 2.75) is 37.3 Å². The van der Waals surface area contributed by atoms with Crippen LogP contribution in [0.2, 0.25) is 0 Å². The molecule has 2 fully saturated rings. The topological polar surface area (TPSA) is 61.4 Å². The molecule has 0 aromatic heterocycles. The molecule has 2 aliphatic heterocycles. The zero-order valence-corrected chi connectivity index (χ0v) is 21.9. The first-order valence-corrected chi connectivity index (χ1v) is 11.2. The first-order valence-electron chi connectivity index (χ1n) is 11.2. The van der Waals surface area contributed by atoms with E-state index in [-0.39, 0.29) is 29.5 Å². The molecule has 2 N–H and O–H groups in total. The molecule has 3 rings (SSSR count). The van der Waals surface area contributed by atoms with Gasteiger partial charge in [-0.3, -0.25) is 9.89 Å². The Morgan fingerprint density at radius 3 is 2.35 bits per heavy atom. The number of benzene rings is 1. The molecule has 7 nitrogen and oxygen atoms in total. The van der Waals surface area contributed by atoms with Crippen LogP contribution in [-0.2, 0) is 4.74 Å². The average Bonchev–Trinajstić information content (AvgIpc) is 3.31. The Kier molecular flexibility index (Phi) is 10.8. The van der Waals surface area contributed by atoms with E-state index in [0.29, 0.717) is 6.04 Å². The maximum atomic E-state index is 5.59. The van der Waals surface area contributed by atoms with Crippen LogP contribution in [0, 0.1) is 0 Å². The number of halogens is 1. The van der Waals surface area contributed by atoms with Crippen molar-refractivity contribution in [2.24, 2.45) is 4.99 Å². The van der Waals surface area contributed by atoms with E-state index in [2.05, 4.69) is 63.8 Å². The average molecular weight is 546 g/mol. The molecule has 0 aliphatic carbocycles. The van der Waals surface area contributed by atoms with Gasteiger partial charge in [0, 0.05) is 38.9 Å². The zero-order valence-electron chi connectivity index (χ0n) is 19.5. The van der Waals surface area contributed by atoms with Crippen molar-refractivity contribution in [2.75, 3.05) is 67.6 Å². The molecule has 2 heterocycles. The van der Waals surface area contributed by atoms with Crippen LogP contribution >= 0.6 is 24.0 Å². The van der Waals surface area contributed by atoms with Gasteiger partial charge in [0.25, 0.3) is 0 Å². The van der Waals surface area contributed by atoms with Crippen molar-refractivity contribution in [1.82, 2.24) is 20.4 Å². The summed E-state index contributed by atoms with van der Waals surface area (Å²) in [5.41, 5.74) is 1.43. The Morgan fingerprint density at radius 2 is 1.81 bits per heavy atom. The predicted molar refractivity (Wildman–Crippen MR) is 138 cm³/mol. The van der Waals surface area contributed by atoms with Crippen molar-refractivity contribution in [1.29, 1.82) is 0 Å². The van der Waals surface area contributed by atoms with E-state index >= 15 is 0 Å². The Labute approximate surface area is 205 Å². The van der Waals surface area contributed by atoms with Crippen LogP contribution in [0.3, 0.4) is 0 Å². The number of nitrogens with zero attached hydrogens (tertiary/aromatic N) is 3. The van der Waals surface area contributed by atoms with Gasteiger partial charge in [0.05, 0.1) is 13.2 Å². The molecule has 1 aromatic rings. The van der Waals surface area contributed by atoms with Gasteiger partial charge in [0.1, 0.15) is 5.75 Å². The summed E-state index contributed by atoms with van der Waals surface area (Å²) in [4.78, 5) is 9.39. The van der Waals surface area contributed by atoms with Crippen molar-refractivity contribution in [3.8, 4) is 5.75 Å². The fraction of sp³-hybridized carbons (Fsp3) is 0.696. The van der Waals surface area contributed by atoms with Crippen molar-refractivity contribution < 1.29 is 9.47 Å². The maximum absolute atomic E-state index is 5.59. The zero-order chi connectivity index (χ0) is 21.4. The molecule has 1 unspecified atom stereocenters. The van der Waals surface area contributed by atoms with E-state index in [9.17, 15) is 0 Å². The molecule has 0 amide bonds. The standard InChI is InChI=1S/C23H39N5O2.HI/c1-24-22(26-18-23(27(2)3)11-15-30-16-12-23)25-17-21(28-13-5-6-14-28)19-7-9-20(29-4)10-8-19;/h7-10,21H,5-6,11-18H2,1-4H3,(H2,24,25,26);1H. The van der Waals surface area contributed by atoms with Crippen LogP contribution in [-0.4, -0.2) is 88.9 Å². The molecule has 8 heteroatoms. The van der Waals surface area contributed by atoms with Gasteiger partial charge in [-0.2, -0.15) is 0 Å². The van der Waals surface area contributed by atoms with Crippen LogP contribution in [0.5, 0.6) is 5.75 Å². The second-order valence-electron chi connectivity index (χ2n) is 8.57.